The highest BCUT2D eigenvalue weighted by molar-refractivity contribution is 5.37. The Morgan fingerprint density at radius 1 is 1.19 bits per heavy atom. The van der Waals surface area contributed by atoms with Gasteiger partial charge in [0.15, 0.2) is 0 Å². The van der Waals surface area contributed by atoms with Crippen molar-refractivity contribution >= 4 is 0 Å². The van der Waals surface area contributed by atoms with E-state index in [9.17, 15) is 0 Å². The lowest BCUT2D eigenvalue weighted by atomic mass is 9.88. The maximum Gasteiger partial charge on any atom is 0.119 e. The smallest absolute Gasteiger partial charge is 0.119 e. The van der Waals surface area contributed by atoms with Gasteiger partial charge in [0.25, 0.3) is 0 Å². The van der Waals surface area contributed by atoms with Crippen LogP contribution in [0.25, 0.3) is 0 Å². The summed E-state index contributed by atoms with van der Waals surface area (Å²) < 4.78 is 11.5. The average molecular weight is 290 g/mol. The number of epoxide rings is 1. The van der Waals surface area contributed by atoms with Gasteiger partial charge in [0.05, 0.1) is 18.8 Å². The van der Waals surface area contributed by atoms with E-state index in [0.29, 0.717) is 24.0 Å². The molecule has 0 bridgehead atoms. The van der Waals surface area contributed by atoms with Gasteiger partial charge in [-0.1, -0.05) is 33.8 Å². The molecular formula is C19H30O2. The summed E-state index contributed by atoms with van der Waals surface area (Å²) in [6.07, 6.45) is 4.46. The normalized spacial score (nSPS) is 22.4. The monoisotopic (exact) mass is 290 g/mol. The van der Waals surface area contributed by atoms with Gasteiger partial charge in [0.1, 0.15) is 5.75 Å². The first-order valence-corrected chi connectivity index (χ1v) is 8.43. The first kappa shape index (κ1) is 16.4. The van der Waals surface area contributed by atoms with E-state index in [2.05, 4.69) is 52.8 Å². The molecule has 2 heteroatoms. The van der Waals surface area contributed by atoms with Gasteiger partial charge in [-0.2, -0.15) is 0 Å². The molecule has 2 rings (SSSR count). The molecule has 1 aliphatic rings. The van der Waals surface area contributed by atoms with Crippen molar-refractivity contribution in [1.29, 1.82) is 0 Å². The van der Waals surface area contributed by atoms with E-state index in [0.717, 1.165) is 25.2 Å². The summed E-state index contributed by atoms with van der Waals surface area (Å²) in [6.45, 7) is 11.8. The number of hydrogen-bond acceptors (Lipinski definition) is 2. The van der Waals surface area contributed by atoms with Crippen LogP contribution in [-0.2, 0) is 4.74 Å². The average Bonchev–Trinajstić information content (AvgIpc) is 3.21. The summed E-state index contributed by atoms with van der Waals surface area (Å²) in [7, 11) is 0. The van der Waals surface area contributed by atoms with Gasteiger partial charge < -0.3 is 9.47 Å². The molecule has 0 amide bonds. The van der Waals surface area contributed by atoms with Gasteiger partial charge in [-0.15, -0.1) is 0 Å². The first-order chi connectivity index (χ1) is 10.0. The standard InChI is InChI=1S/C19H30O2/c1-6-15(11-19-18(7-2)21-19)17-9-8-16(10-14(17)5)20-12-13(3)4/h8-10,13,15,18-19H,6-7,11-12H2,1-5H3. The van der Waals surface area contributed by atoms with Gasteiger partial charge in [-0.05, 0) is 61.3 Å². The van der Waals surface area contributed by atoms with Gasteiger partial charge in [-0.25, -0.2) is 0 Å². The fourth-order valence-electron chi connectivity index (χ4n) is 3.00. The second kappa shape index (κ2) is 7.31. The molecule has 0 aromatic heterocycles. The molecular weight excluding hydrogens is 260 g/mol. The Labute approximate surface area is 129 Å². The fraction of sp³-hybridized carbons (Fsp3) is 0.684. The summed E-state index contributed by atoms with van der Waals surface area (Å²) >= 11 is 0. The highest BCUT2D eigenvalue weighted by atomic mass is 16.6. The minimum Gasteiger partial charge on any atom is -0.493 e. The predicted octanol–water partition coefficient (Wildman–Crippen LogP) is 5.09. The molecule has 2 nitrogen and oxygen atoms in total. The Kier molecular flexibility index (Phi) is 5.69. The zero-order chi connectivity index (χ0) is 15.4. The van der Waals surface area contributed by atoms with Crippen molar-refractivity contribution < 1.29 is 9.47 Å². The van der Waals surface area contributed by atoms with Crippen molar-refractivity contribution in [1.82, 2.24) is 0 Å². The van der Waals surface area contributed by atoms with E-state index in [-0.39, 0.29) is 0 Å². The summed E-state index contributed by atoms with van der Waals surface area (Å²) in [5.41, 5.74) is 2.80. The lowest BCUT2D eigenvalue weighted by molar-refractivity contribution is 0.271. The molecule has 0 N–H and O–H groups in total. The third-order valence-electron chi connectivity index (χ3n) is 4.36. The van der Waals surface area contributed by atoms with Crippen LogP contribution >= 0.6 is 0 Å². The summed E-state index contributed by atoms with van der Waals surface area (Å²) in [5.74, 6) is 2.16. The molecule has 1 fully saturated rings. The van der Waals surface area contributed by atoms with Crippen molar-refractivity contribution in [2.24, 2.45) is 5.92 Å². The van der Waals surface area contributed by atoms with Crippen molar-refractivity contribution in [3.63, 3.8) is 0 Å². The van der Waals surface area contributed by atoms with E-state index >= 15 is 0 Å². The van der Waals surface area contributed by atoms with Crippen LogP contribution in [-0.4, -0.2) is 18.8 Å². The van der Waals surface area contributed by atoms with Gasteiger partial charge in [0, 0.05) is 0 Å². The van der Waals surface area contributed by atoms with E-state index < -0.39 is 0 Å². The van der Waals surface area contributed by atoms with E-state index in [1.54, 1.807) is 0 Å². The van der Waals surface area contributed by atoms with Crippen LogP contribution < -0.4 is 4.74 Å². The molecule has 0 aliphatic carbocycles. The Morgan fingerprint density at radius 3 is 2.48 bits per heavy atom. The number of hydrogen-bond donors (Lipinski definition) is 0. The molecule has 21 heavy (non-hydrogen) atoms. The fourth-order valence-corrected chi connectivity index (χ4v) is 3.00. The molecule has 1 aromatic rings. The molecule has 3 unspecified atom stereocenters. The summed E-state index contributed by atoms with van der Waals surface area (Å²) in [4.78, 5) is 0. The third kappa shape index (κ3) is 4.47. The van der Waals surface area contributed by atoms with Crippen molar-refractivity contribution in [3.8, 4) is 5.75 Å². The van der Waals surface area contributed by atoms with Crippen LogP contribution in [0.2, 0.25) is 0 Å². The number of benzene rings is 1. The van der Waals surface area contributed by atoms with Gasteiger partial charge >= 0.3 is 0 Å². The Morgan fingerprint density at radius 2 is 1.95 bits per heavy atom. The molecule has 1 heterocycles. The molecule has 1 saturated heterocycles. The lowest BCUT2D eigenvalue weighted by Crippen LogP contribution is -2.07. The largest absolute Gasteiger partial charge is 0.493 e. The highest BCUT2D eigenvalue weighted by Crippen LogP contribution is 2.37. The molecule has 3 atom stereocenters. The minimum absolute atomic E-state index is 0.483. The number of rotatable bonds is 8. The van der Waals surface area contributed by atoms with E-state index in [4.69, 9.17) is 9.47 Å². The Bertz CT molecular complexity index is 453. The van der Waals surface area contributed by atoms with Crippen LogP contribution in [0.4, 0.5) is 0 Å². The van der Waals surface area contributed by atoms with Crippen LogP contribution in [0.5, 0.6) is 5.75 Å². The zero-order valence-electron chi connectivity index (χ0n) is 14.2. The summed E-state index contributed by atoms with van der Waals surface area (Å²) in [5, 5.41) is 0. The second-order valence-corrected chi connectivity index (χ2v) is 6.69. The Balaban J connectivity index is 2.00. The van der Waals surface area contributed by atoms with Crippen molar-refractivity contribution in [2.75, 3.05) is 6.61 Å². The quantitative estimate of drug-likeness (QED) is 0.622. The first-order valence-electron chi connectivity index (χ1n) is 8.43. The number of ether oxygens (including phenoxy) is 2. The minimum atomic E-state index is 0.483. The molecule has 118 valence electrons. The van der Waals surface area contributed by atoms with Gasteiger partial charge in [0.2, 0.25) is 0 Å². The maximum absolute atomic E-state index is 5.82. The van der Waals surface area contributed by atoms with Crippen LogP contribution in [0, 0.1) is 12.8 Å². The van der Waals surface area contributed by atoms with E-state index in [1.807, 2.05) is 0 Å². The molecule has 1 aromatic carbocycles. The predicted molar refractivity (Wildman–Crippen MR) is 88.1 cm³/mol. The second-order valence-electron chi connectivity index (χ2n) is 6.69. The maximum atomic E-state index is 5.82. The highest BCUT2D eigenvalue weighted by Gasteiger charge is 2.38. The topological polar surface area (TPSA) is 21.8 Å². The summed E-state index contributed by atoms with van der Waals surface area (Å²) in [6, 6.07) is 6.56. The van der Waals surface area contributed by atoms with Crippen LogP contribution in [0.15, 0.2) is 18.2 Å². The Hall–Kier alpha value is -1.02. The molecule has 1 aliphatic heterocycles. The SMILES string of the molecule is CCC(CC1OC1CC)c1ccc(OCC(C)C)cc1C. The molecule has 0 saturated carbocycles. The van der Waals surface area contributed by atoms with Crippen molar-refractivity contribution in [2.45, 2.75) is 72.0 Å². The lowest BCUT2D eigenvalue weighted by Gasteiger charge is -2.18. The van der Waals surface area contributed by atoms with Crippen molar-refractivity contribution in [3.05, 3.63) is 29.3 Å². The molecule has 0 radical (unpaired) electrons. The van der Waals surface area contributed by atoms with Crippen LogP contribution in [0.3, 0.4) is 0 Å². The van der Waals surface area contributed by atoms with Gasteiger partial charge in [-0.3, -0.25) is 0 Å². The molecule has 0 spiro atoms. The van der Waals surface area contributed by atoms with Crippen LogP contribution in [0.1, 0.15) is 64.0 Å². The number of aryl methyl sites for hydroxylation is 1. The van der Waals surface area contributed by atoms with E-state index in [1.165, 1.54) is 17.5 Å². The third-order valence-corrected chi connectivity index (χ3v) is 4.36. The zero-order valence-corrected chi connectivity index (χ0v) is 14.2.